The summed E-state index contributed by atoms with van der Waals surface area (Å²) in [5, 5.41) is 0. The van der Waals surface area contributed by atoms with E-state index in [-0.39, 0.29) is 0 Å². The molecule has 1 amide bonds. The van der Waals surface area contributed by atoms with Crippen LogP contribution < -0.4 is 0 Å². The van der Waals surface area contributed by atoms with Crippen molar-refractivity contribution in [2.24, 2.45) is 0 Å². The fraction of sp³-hybridized carbons (Fsp3) is 0.647. The van der Waals surface area contributed by atoms with Gasteiger partial charge >= 0.3 is 0 Å². The quantitative estimate of drug-likeness (QED) is 0.806. The van der Waals surface area contributed by atoms with Crippen LogP contribution in [0, 0.1) is 0 Å². The van der Waals surface area contributed by atoms with Crippen LogP contribution >= 0.6 is 0 Å². The van der Waals surface area contributed by atoms with Gasteiger partial charge in [0.1, 0.15) is 0 Å². The minimum Gasteiger partial charge on any atom is -0.343 e. The topological polar surface area (TPSA) is 36.4 Å². The van der Waals surface area contributed by atoms with E-state index in [9.17, 15) is 4.79 Å². The fourth-order valence-corrected chi connectivity index (χ4v) is 2.75. The average Bonchev–Trinajstić information content (AvgIpc) is 2.81. The van der Waals surface area contributed by atoms with Gasteiger partial charge in [-0.3, -0.25) is 9.78 Å². The van der Waals surface area contributed by atoms with E-state index in [2.05, 4.69) is 34.0 Å². The average molecular weight is 289 g/mol. The van der Waals surface area contributed by atoms with Gasteiger partial charge in [-0.1, -0.05) is 12.8 Å². The van der Waals surface area contributed by atoms with E-state index >= 15 is 0 Å². The summed E-state index contributed by atoms with van der Waals surface area (Å²) in [5.74, 6) is 0.327. The van der Waals surface area contributed by atoms with Crippen molar-refractivity contribution < 1.29 is 4.79 Å². The van der Waals surface area contributed by atoms with Crippen molar-refractivity contribution in [2.45, 2.75) is 38.5 Å². The molecule has 0 aromatic carbocycles. The highest BCUT2D eigenvalue weighted by molar-refractivity contribution is 5.76. The molecule has 2 rings (SSSR count). The van der Waals surface area contributed by atoms with Gasteiger partial charge < -0.3 is 9.80 Å². The number of hydrogen-bond acceptors (Lipinski definition) is 3. The summed E-state index contributed by atoms with van der Waals surface area (Å²) in [6.07, 6.45) is 10.2. The zero-order valence-electron chi connectivity index (χ0n) is 13.1. The Morgan fingerprint density at radius 2 is 1.81 bits per heavy atom. The number of carbonyl (C=O) groups is 1. The van der Waals surface area contributed by atoms with Crippen LogP contribution in [-0.2, 0) is 11.2 Å². The number of rotatable bonds is 6. The smallest absolute Gasteiger partial charge is 0.223 e. The number of pyridine rings is 1. The molecule has 0 aliphatic carbocycles. The Morgan fingerprint density at radius 1 is 1.14 bits per heavy atom. The lowest BCUT2D eigenvalue weighted by atomic mass is 10.2. The molecule has 0 spiro atoms. The molecule has 0 saturated carbocycles. The van der Waals surface area contributed by atoms with Gasteiger partial charge in [0.25, 0.3) is 0 Å². The summed E-state index contributed by atoms with van der Waals surface area (Å²) in [7, 11) is 2.09. The number of amides is 1. The van der Waals surface area contributed by atoms with Gasteiger partial charge in [0.15, 0.2) is 0 Å². The van der Waals surface area contributed by atoms with Crippen LogP contribution in [0.2, 0.25) is 0 Å². The molecule has 116 valence electrons. The van der Waals surface area contributed by atoms with E-state index in [1.807, 2.05) is 12.4 Å². The SMILES string of the molecule is CN(CCC(=O)N1CCCCCC1)CCc1ccncc1. The molecule has 0 bridgehead atoms. The highest BCUT2D eigenvalue weighted by Crippen LogP contribution is 2.10. The monoisotopic (exact) mass is 289 g/mol. The molecule has 1 saturated heterocycles. The summed E-state index contributed by atoms with van der Waals surface area (Å²) in [6.45, 7) is 3.75. The van der Waals surface area contributed by atoms with Gasteiger partial charge in [-0.2, -0.15) is 0 Å². The van der Waals surface area contributed by atoms with Gasteiger partial charge in [0.2, 0.25) is 5.91 Å². The summed E-state index contributed by atoms with van der Waals surface area (Å²) in [5.41, 5.74) is 1.30. The van der Waals surface area contributed by atoms with Crippen LogP contribution in [-0.4, -0.2) is 53.9 Å². The molecule has 21 heavy (non-hydrogen) atoms. The Bertz CT molecular complexity index is 413. The first-order chi connectivity index (χ1) is 10.3. The lowest BCUT2D eigenvalue weighted by Gasteiger charge is -2.22. The second kappa shape index (κ2) is 8.78. The van der Waals surface area contributed by atoms with Crippen molar-refractivity contribution >= 4 is 5.91 Å². The highest BCUT2D eigenvalue weighted by Gasteiger charge is 2.15. The van der Waals surface area contributed by atoms with Gasteiger partial charge in [0, 0.05) is 45.0 Å². The van der Waals surface area contributed by atoms with E-state index in [4.69, 9.17) is 0 Å². The molecule has 0 unspecified atom stereocenters. The predicted octanol–water partition coefficient (Wildman–Crippen LogP) is 2.35. The number of carbonyl (C=O) groups excluding carboxylic acids is 1. The Hall–Kier alpha value is -1.42. The maximum Gasteiger partial charge on any atom is 0.223 e. The summed E-state index contributed by atoms with van der Waals surface area (Å²) >= 11 is 0. The van der Waals surface area contributed by atoms with Crippen molar-refractivity contribution in [3.05, 3.63) is 30.1 Å². The van der Waals surface area contributed by atoms with E-state index in [1.54, 1.807) is 0 Å². The molecule has 4 nitrogen and oxygen atoms in total. The Labute approximate surface area is 128 Å². The first kappa shape index (κ1) is 16.0. The predicted molar refractivity (Wildman–Crippen MR) is 85.1 cm³/mol. The van der Waals surface area contributed by atoms with E-state index in [1.165, 1.54) is 31.2 Å². The molecular weight excluding hydrogens is 262 g/mol. The van der Waals surface area contributed by atoms with Crippen molar-refractivity contribution in [3.63, 3.8) is 0 Å². The third-order valence-corrected chi connectivity index (χ3v) is 4.20. The Kier molecular flexibility index (Phi) is 6.67. The normalized spacial score (nSPS) is 16.0. The highest BCUT2D eigenvalue weighted by atomic mass is 16.2. The number of hydrogen-bond donors (Lipinski definition) is 0. The van der Waals surface area contributed by atoms with Crippen molar-refractivity contribution in [1.82, 2.24) is 14.8 Å². The van der Waals surface area contributed by atoms with Crippen molar-refractivity contribution in [2.75, 3.05) is 33.2 Å². The van der Waals surface area contributed by atoms with Crippen LogP contribution in [0.25, 0.3) is 0 Å². The third kappa shape index (κ3) is 5.84. The standard InChI is InChI=1S/C17H27N3O/c1-19(14-8-16-6-10-18-11-7-16)15-9-17(21)20-12-4-2-3-5-13-20/h6-7,10-11H,2-5,8-9,12-15H2,1H3. The van der Waals surface area contributed by atoms with E-state index < -0.39 is 0 Å². The van der Waals surface area contributed by atoms with Crippen LogP contribution in [0.1, 0.15) is 37.7 Å². The van der Waals surface area contributed by atoms with Crippen LogP contribution in [0.5, 0.6) is 0 Å². The summed E-state index contributed by atoms with van der Waals surface area (Å²) in [6, 6.07) is 4.10. The van der Waals surface area contributed by atoms with Gasteiger partial charge in [0.05, 0.1) is 0 Å². The minimum absolute atomic E-state index is 0.327. The van der Waals surface area contributed by atoms with Crippen LogP contribution in [0.3, 0.4) is 0 Å². The zero-order chi connectivity index (χ0) is 14.9. The van der Waals surface area contributed by atoms with Gasteiger partial charge in [-0.15, -0.1) is 0 Å². The third-order valence-electron chi connectivity index (χ3n) is 4.20. The summed E-state index contributed by atoms with van der Waals surface area (Å²) in [4.78, 5) is 20.6. The second-order valence-electron chi connectivity index (χ2n) is 5.95. The molecule has 1 aromatic rings. The molecule has 0 atom stereocenters. The van der Waals surface area contributed by atoms with E-state index in [0.29, 0.717) is 12.3 Å². The lowest BCUT2D eigenvalue weighted by molar-refractivity contribution is -0.131. The molecule has 2 heterocycles. The molecule has 1 aromatic heterocycles. The molecular formula is C17H27N3O. The number of nitrogens with zero attached hydrogens (tertiary/aromatic N) is 3. The maximum absolute atomic E-state index is 12.2. The fourth-order valence-electron chi connectivity index (χ4n) is 2.75. The number of likely N-dealkylation sites (N-methyl/N-ethyl adjacent to an activating group) is 1. The summed E-state index contributed by atoms with van der Waals surface area (Å²) < 4.78 is 0. The molecule has 1 aliphatic rings. The number of aromatic nitrogens is 1. The van der Waals surface area contributed by atoms with Crippen LogP contribution in [0.4, 0.5) is 0 Å². The van der Waals surface area contributed by atoms with Crippen molar-refractivity contribution in [3.8, 4) is 0 Å². The second-order valence-corrected chi connectivity index (χ2v) is 5.95. The molecule has 1 aliphatic heterocycles. The van der Waals surface area contributed by atoms with Gasteiger partial charge in [-0.25, -0.2) is 0 Å². The zero-order valence-corrected chi connectivity index (χ0v) is 13.1. The first-order valence-corrected chi connectivity index (χ1v) is 8.11. The first-order valence-electron chi connectivity index (χ1n) is 8.11. The Morgan fingerprint density at radius 3 is 2.48 bits per heavy atom. The Balaban J connectivity index is 1.65. The van der Waals surface area contributed by atoms with Crippen LogP contribution in [0.15, 0.2) is 24.5 Å². The largest absolute Gasteiger partial charge is 0.343 e. The van der Waals surface area contributed by atoms with Crippen molar-refractivity contribution in [1.29, 1.82) is 0 Å². The van der Waals surface area contributed by atoms with E-state index in [0.717, 1.165) is 32.6 Å². The molecule has 0 radical (unpaired) electrons. The minimum atomic E-state index is 0.327. The molecule has 1 fully saturated rings. The lowest BCUT2D eigenvalue weighted by Crippen LogP contribution is -2.34. The maximum atomic E-state index is 12.2. The molecule has 0 N–H and O–H groups in total. The van der Waals surface area contributed by atoms with Gasteiger partial charge in [-0.05, 0) is 44.0 Å². The molecule has 4 heteroatoms. The number of likely N-dealkylation sites (tertiary alicyclic amines) is 1.